The molecule has 0 unspecified atom stereocenters. The summed E-state index contributed by atoms with van der Waals surface area (Å²) in [5.41, 5.74) is 3.51. The molecular formula is C17H15NO2. The molecule has 2 heterocycles. The van der Waals surface area contributed by atoms with Crippen molar-refractivity contribution >= 4 is 16.8 Å². The van der Waals surface area contributed by atoms with Crippen molar-refractivity contribution in [3.8, 4) is 0 Å². The number of rotatable bonds is 1. The standard InChI is InChI=1S/C17H15NO2/c19-17(16-10-5-11-20-16)18-14-8-3-1-6-12(14)13-7-2-4-9-15(13)18/h1,3,5-6,8,10-11H,2,4,7,9H2. The van der Waals surface area contributed by atoms with Crippen molar-refractivity contribution in [3.63, 3.8) is 0 Å². The Balaban J connectivity index is 2.01. The molecule has 3 heteroatoms. The lowest BCUT2D eigenvalue weighted by Crippen LogP contribution is -2.16. The summed E-state index contributed by atoms with van der Waals surface area (Å²) in [5.74, 6) is 0.341. The van der Waals surface area contributed by atoms with E-state index in [0.29, 0.717) is 5.76 Å². The average molecular weight is 265 g/mol. The minimum atomic E-state index is -0.0608. The van der Waals surface area contributed by atoms with E-state index in [1.165, 1.54) is 23.1 Å². The Morgan fingerprint density at radius 2 is 1.90 bits per heavy atom. The van der Waals surface area contributed by atoms with Crippen molar-refractivity contribution in [2.75, 3.05) is 0 Å². The topological polar surface area (TPSA) is 35.1 Å². The highest BCUT2D eigenvalue weighted by molar-refractivity contribution is 6.02. The number of hydrogen-bond donors (Lipinski definition) is 0. The van der Waals surface area contributed by atoms with Gasteiger partial charge in [-0.05, 0) is 49.4 Å². The van der Waals surface area contributed by atoms with Crippen molar-refractivity contribution < 1.29 is 9.21 Å². The lowest BCUT2D eigenvalue weighted by molar-refractivity contribution is 0.0934. The molecule has 0 bridgehead atoms. The number of para-hydroxylation sites is 1. The quantitative estimate of drug-likeness (QED) is 0.670. The summed E-state index contributed by atoms with van der Waals surface area (Å²) in [6, 6.07) is 11.6. The molecule has 4 rings (SSSR count). The number of carbonyl (C=O) groups is 1. The second-order valence-corrected chi connectivity index (χ2v) is 5.27. The van der Waals surface area contributed by atoms with Gasteiger partial charge in [0.1, 0.15) is 0 Å². The minimum Gasteiger partial charge on any atom is -0.459 e. The fourth-order valence-corrected chi connectivity index (χ4v) is 3.24. The molecular weight excluding hydrogens is 250 g/mol. The van der Waals surface area contributed by atoms with Crippen molar-refractivity contribution in [2.45, 2.75) is 25.7 Å². The van der Waals surface area contributed by atoms with E-state index >= 15 is 0 Å². The van der Waals surface area contributed by atoms with Gasteiger partial charge in [-0.25, -0.2) is 0 Å². The van der Waals surface area contributed by atoms with Crippen LogP contribution in [-0.4, -0.2) is 10.5 Å². The summed E-state index contributed by atoms with van der Waals surface area (Å²) in [6.45, 7) is 0. The van der Waals surface area contributed by atoms with Crippen LogP contribution in [0.2, 0.25) is 0 Å². The molecule has 0 amide bonds. The summed E-state index contributed by atoms with van der Waals surface area (Å²) in [4.78, 5) is 12.7. The third kappa shape index (κ3) is 1.56. The van der Waals surface area contributed by atoms with E-state index < -0.39 is 0 Å². The van der Waals surface area contributed by atoms with E-state index in [-0.39, 0.29) is 5.91 Å². The van der Waals surface area contributed by atoms with Crippen LogP contribution in [-0.2, 0) is 12.8 Å². The molecule has 1 aromatic carbocycles. The molecule has 0 spiro atoms. The average Bonchev–Trinajstić information content (AvgIpc) is 3.13. The van der Waals surface area contributed by atoms with Crippen LogP contribution in [0.5, 0.6) is 0 Å². The van der Waals surface area contributed by atoms with Crippen molar-refractivity contribution in [2.24, 2.45) is 0 Å². The predicted molar refractivity (Wildman–Crippen MR) is 77.0 cm³/mol. The first-order valence-electron chi connectivity index (χ1n) is 7.05. The number of nitrogens with zero attached hydrogens (tertiary/aromatic N) is 1. The summed E-state index contributed by atoms with van der Waals surface area (Å²) >= 11 is 0. The number of carbonyl (C=O) groups excluding carboxylic acids is 1. The molecule has 0 saturated carbocycles. The fourth-order valence-electron chi connectivity index (χ4n) is 3.24. The summed E-state index contributed by atoms with van der Waals surface area (Å²) in [7, 11) is 0. The predicted octanol–water partition coefficient (Wildman–Crippen LogP) is 3.80. The zero-order valence-electron chi connectivity index (χ0n) is 11.1. The summed E-state index contributed by atoms with van der Waals surface area (Å²) < 4.78 is 7.14. The van der Waals surface area contributed by atoms with Crippen molar-refractivity contribution in [3.05, 3.63) is 59.7 Å². The van der Waals surface area contributed by atoms with Crippen LogP contribution in [0.25, 0.3) is 10.9 Å². The van der Waals surface area contributed by atoms with Crippen LogP contribution in [0.1, 0.15) is 34.7 Å². The fraction of sp³-hybridized carbons (Fsp3) is 0.235. The normalized spacial score (nSPS) is 14.4. The van der Waals surface area contributed by atoms with Gasteiger partial charge in [-0.1, -0.05) is 18.2 Å². The van der Waals surface area contributed by atoms with Gasteiger partial charge in [0.2, 0.25) is 0 Å². The van der Waals surface area contributed by atoms with Gasteiger partial charge in [-0.2, -0.15) is 0 Å². The molecule has 20 heavy (non-hydrogen) atoms. The molecule has 2 aromatic heterocycles. The highest BCUT2D eigenvalue weighted by Gasteiger charge is 2.24. The Morgan fingerprint density at radius 3 is 2.75 bits per heavy atom. The molecule has 0 N–H and O–H groups in total. The lowest BCUT2D eigenvalue weighted by atomic mass is 9.95. The third-order valence-corrected chi connectivity index (χ3v) is 4.11. The Kier molecular flexibility index (Phi) is 2.52. The largest absolute Gasteiger partial charge is 0.459 e. The Morgan fingerprint density at radius 1 is 1.05 bits per heavy atom. The van der Waals surface area contributed by atoms with Gasteiger partial charge < -0.3 is 4.42 Å². The zero-order valence-corrected chi connectivity index (χ0v) is 11.1. The first kappa shape index (κ1) is 11.5. The second-order valence-electron chi connectivity index (χ2n) is 5.27. The Bertz CT molecular complexity index is 781. The first-order valence-corrected chi connectivity index (χ1v) is 7.05. The van der Waals surface area contributed by atoms with Gasteiger partial charge in [-0.15, -0.1) is 0 Å². The molecule has 0 fully saturated rings. The maximum absolute atomic E-state index is 12.7. The van der Waals surface area contributed by atoms with E-state index in [0.717, 1.165) is 24.8 Å². The smallest absolute Gasteiger partial charge is 0.298 e. The van der Waals surface area contributed by atoms with Gasteiger partial charge in [0, 0.05) is 11.1 Å². The minimum absolute atomic E-state index is 0.0608. The van der Waals surface area contributed by atoms with E-state index in [2.05, 4.69) is 6.07 Å². The maximum Gasteiger partial charge on any atom is 0.298 e. The van der Waals surface area contributed by atoms with Crippen LogP contribution in [0, 0.1) is 0 Å². The zero-order chi connectivity index (χ0) is 13.5. The molecule has 0 saturated heterocycles. The molecule has 0 atom stereocenters. The molecule has 0 radical (unpaired) electrons. The van der Waals surface area contributed by atoms with Crippen LogP contribution < -0.4 is 0 Å². The number of hydrogen-bond acceptors (Lipinski definition) is 2. The van der Waals surface area contributed by atoms with E-state index in [9.17, 15) is 4.79 Å². The van der Waals surface area contributed by atoms with Gasteiger partial charge >= 0.3 is 0 Å². The van der Waals surface area contributed by atoms with Gasteiger partial charge in [0.25, 0.3) is 5.91 Å². The monoisotopic (exact) mass is 265 g/mol. The van der Waals surface area contributed by atoms with Crippen LogP contribution in [0.15, 0.2) is 47.1 Å². The number of benzene rings is 1. The molecule has 1 aliphatic rings. The molecule has 100 valence electrons. The SMILES string of the molecule is O=C(c1ccco1)n1c2c(c3ccccc31)CCCC2. The highest BCUT2D eigenvalue weighted by atomic mass is 16.3. The summed E-state index contributed by atoms with van der Waals surface area (Å²) in [5, 5.41) is 1.21. The van der Waals surface area contributed by atoms with Crippen molar-refractivity contribution in [1.29, 1.82) is 0 Å². The van der Waals surface area contributed by atoms with Crippen molar-refractivity contribution in [1.82, 2.24) is 4.57 Å². The van der Waals surface area contributed by atoms with Gasteiger partial charge in [0.15, 0.2) is 5.76 Å². The first-order chi connectivity index (χ1) is 9.86. The maximum atomic E-state index is 12.7. The molecule has 3 aromatic rings. The number of fused-ring (bicyclic) bond motifs is 3. The number of furan rings is 1. The van der Waals surface area contributed by atoms with E-state index in [1.807, 2.05) is 22.8 Å². The van der Waals surface area contributed by atoms with Gasteiger partial charge in [-0.3, -0.25) is 9.36 Å². The van der Waals surface area contributed by atoms with E-state index in [4.69, 9.17) is 4.42 Å². The van der Waals surface area contributed by atoms with Crippen LogP contribution in [0.3, 0.4) is 0 Å². The molecule has 0 aliphatic heterocycles. The molecule has 3 nitrogen and oxygen atoms in total. The Hall–Kier alpha value is -2.29. The Labute approximate surface area is 116 Å². The number of aromatic nitrogens is 1. The van der Waals surface area contributed by atoms with Crippen LogP contribution in [0.4, 0.5) is 0 Å². The number of aryl methyl sites for hydroxylation is 1. The third-order valence-electron chi connectivity index (χ3n) is 4.11. The second kappa shape index (κ2) is 4.37. The highest BCUT2D eigenvalue weighted by Crippen LogP contribution is 2.32. The lowest BCUT2D eigenvalue weighted by Gasteiger charge is -2.14. The van der Waals surface area contributed by atoms with E-state index in [1.54, 1.807) is 18.4 Å². The molecule has 1 aliphatic carbocycles. The summed E-state index contributed by atoms with van der Waals surface area (Å²) in [6.07, 6.45) is 5.93. The van der Waals surface area contributed by atoms with Crippen LogP contribution >= 0.6 is 0 Å². The van der Waals surface area contributed by atoms with Gasteiger partial charge in [0.05, 0.1) is 11.8 Å².